The maximum absolute atomic E-state index is 11.7. The summed E-state index contributed by atoms with van der Waals surface area (Å²) < 4.78 is 11.8. The first-order valence-corrected chi connectivity index (χ1v) is 7.33. The highest BCUT2D eigenvalue weighted by atomic mass is 35.5. The van der Waals surface area contributed by atoms with Crippen LogP contribution in [-0.2, 0) is 9.53 Å². The van der Waals surface area contributed by atoms with Crippen LogP contribution in [0.5, 0.6) is 5.75 Å². The minimum absolute atomic E-state index is 0.0377. The average Bonchev–Trinajstić information content (AvgIpc) is 2.89. The number of nitrogens with zero attached hydrogens (tertiary/aromatic N) is 4. The van der Waals surface area contributed by atoms with Crippen molar-refractivity contribution in [1.29, 1.82) is 0 Å². The van der Waals surface area contributed by atoms with Crippen molar-refractivity contribution in [3.63, 3.8) is 0 Å². The van der Waals surface area contributed by atoms with Gasteiger partial charge in [0.05, 0.1) is 26.3 Å². The first-order chi connectivity index (χ1) is 11.0. The number of esters is 1. The zero-order valence-corrected chi connectivity index (χ0v) is 13.7. The fraction of sp³-hybridized carbons (Fsp3) is 0.333. The standard InChI is InChI=1S/C15H15ClN4O3/c1-8-18-19-15-11(7-13(21)23-3)17-14(16)10-6-9(22-2)4-5-12(10)20(8)15/h4-6,11H,7H2,1-3H3. The van der Waals surface area contributed by atoms with Gasteiger partial charge in [-0.15, -0.1) is 10.2 Å². The van der Waals surface area contributed by atoms with Crippen LogP contribution in [0.15, 0.2) is 23.2 Å². The number of ether oxygens (including phenoxy) is 2. The van der Waals surface area contributed by atoms with E-state index in [4.69, 9.17) is 21.1 Å². The summed E-state index contributed by atoms with van der Waals surface area (Å²) in [6.45, 7) is 1.83. The quantitative estimate of drug-likeness (QED) is 0.804. The van der Waals surface area contributed by atoms with Gasteiger partial charge in [-0.25, -0.2) is 0 Å². The van der Waals surface area contributed by atoms with Crippen LogP contribution < -0.4 is 4.74 Å². The molecule has 0 spiro atoms. The van der Waals surface area contributed by atoms with E-state index in [2.05, 4.69) is 15.2 Å². The van der Waals surface area contributed by atoms with Crippen molar-refractivity contribution in [2.75, 3.05) is 14.2 Å². The predicted molar refractivity (Wildman–Crippen MR) is 84.4 cm³/mol. The highest BCUT2D eigenvalue weighted by Gasteiger charge is 2.29. The number of hydrogen-bond acceptors (Lipinski definition) is 6. The zero-order chi connectivity index (χ0) is 16.6. The lowest BCUT2D eigenvalue weighted by Crippen LogP contribution is -2.11. The van der Waals surface area contributed by atoms with Gasteiger partial charge in [0, 0.05) is 5.56 Å². The molecule has 0 fully saturated rings. The molecule has 2 aromatic rings. The maximum Gasteiger partial charge on any atom is 0.308 e. The van der Waals surface area contributed by atoms with Crippen molar-refractivity contribution in [1.82, 2.24) is 14.8 Å². The molecule has 1 aromatic heterocycles. The van der Waals surface area contributed by atoms with Crippen LogP contribution in [0, 0.1) is 6.92 Å². The molecule has 2 heterocycles. The molecule has 1 aliphatic heterocycles. The van der Waals surface area contributed by atoms with Gasteiger partial charge in [0.1, 0.15) is 22.8 Å². The number of hydrogen-bond donors (Lipinski definition) is 0. The SMILES string of the molecule is COC(=O)CC1N=C(Cl)c2cc(OC)ccc2-n2c(C)nnc21. The second kappa shape index (κ2) is 6.00. The maximum atomic E-state index is 11.7. The van der Waals surface area contributed by atoms with Gasteiger partial charge in [-0.3, -0.25) is 14.4 Å². The lowest BCUT2D eigenvalue weighted by molar-refractivity contribution is -0.141. The van der Waals surface area contributed by atoms with E-state index >= 15 is 0 Å². The topological polar surface area (TPSA) is 78.6 Å². The van der Waals surface area contributed by atoms with Crippen molar-refractivity contribution < 1.29 is 14.3 Å². The minimum Gasteiger partial charge on any atom is -0.497 e. The first-order valence-electron chi connectivity index (χ1n) is 6.96. The molecule has 23 heavy (non-hydrogen) atoms. The number of carbonyl (C=O) groups excluding carboxylic acids is 1. The Balaban J connectivity index is 2.20. The van der Waals surface area contributed by atoms with E-state index in [9.17, 15) is 4.79 Å². The third kappa shape index (κ3) is 2.68. The molecular weight excluding hydrogens is 320 g/mol. The summed E-state index contributed by atoms with van der Waals surface area (Å²) in [5, 5.41) is 8.57. The normalized spacial score (nSPS) is 16.0. The lowest BCUT2D eigenvalue weighted by atomic mass is 10.1. The lowest BCUT2D eigenvalue weighted by Gasteiger charge is -2.12. The highest BCUT2D eigenvalue weighted by molar-refractivity contribution is 6.70. The Morgan fingerprint density at radius 1 is 1.35 bits per heavy atom. The van der Waals surface area contributed by atoms with E-state index in [0.717, 1.165) is 5.69 Å². The van der Waals surface area contributed by atoms with Gasteiger partial charge >= 0.3 is 5.97 Å². The number of aromatic nitrogens is 3. The van der Waals surface area contributed by atoms with E-state index in [0.29, 0.717) is 23.0 Å². The molecule has 0 amide bonds. The third-order valence-corrected chi connectivity index (χ3v) is 3.97. The van der Waals surface area contributed by atoms with Gasteiger partial charge in [0.25, 0.3) is 0 Å². The Kier molecular flexibility index (Phi) is 4.04. The molecule has 1 aliphatic rings. The van der Waals surface area contributed by atoms with Crippen LogP contribution in [0.2, 0.25) is 0 Å². The molecule has 7 nitrogen and oxygen atoms in total. The van der Waals surface area contributed by atoms with Gasteiger partial charge in [-0.05, 0) is 25.1 Å². The van der Waals surface area contributed by atoms with E-state index in [1.54, 1.807) is 13.2 Å². The van der Waals surface area contributed by atoms with Crippen molar-refractivity contribution in [3.8, 4) is 11.4 Å². The molecule has 0 saturated heterocycles. The number of rotatable bonds is 3. The highest BCUT2D eigenvalue weighted by Crippen LogP contribution is 2.33. The summed E-state index contributed by atoms with van der Waals surface area (Å²) >= 11 is 6.38. The smallest absolute Gasteiger partial charge is 0.308 e. The molecule has 1 unspecified atom stereocenters. The Labute approximate surface area is 137 Å². The molecule has 0 N–H and O–H groups in total. The van der Waals surface area contributed by atoms with Gasteiger partial charge in [-0.2, -0.15) is 0 Å². The second-order valence-electron chi connectivity index (χ2n) is 5.04. The largest absolute Gasteiger partial charge is 0.497 e. The molecule has 0 aliphatic carbocycles. The monoisotopic (exact) mass is 334 g/mol. The molecule has 8 heteroatoms. The number of halogens is 1. The number of benzene rings is 1. The summed E-state index contributed by atoms with van der Waals surface area (Å²) in [6, 6.07) is 4.93. The third-order valence-electron chi connectivity index (χ3n) is 3.67. The second-order valence-corrected chi connectivity index (χ2v) is 5.40. The zero-order valence-electron chi connectivity index (χ0n) is 12.9. The Hall–Kier alpha value is -2.41. The summed E-state index contributed by atoms with van der Waals surface area (Å²) in [7, 11) is 2.92. The van der Waals surface area contributed by atoms with Gasteiger partial charge in [0.15, 0.2) is 5.82 Å². The van der Waals surface area contributed by atoms with E-state index in [1.165, 1.54) is 7.11 Å². The molecule has 1 aromatic carbocycles. The van der Waals surface area contributed by atoms with Crippen LogP contribution in [0.1, 0.15) is 29.7 Å². The number of methoxy groups -OCH3 is 2. The summed E-state index contributed by atoms with van der Waals surface area (Å²) in [5.41, 5.74) is 1.49. The molecule has 0 bridgehead atoms. The Bertz CT molecular complexity index is 800. The van der Waals surface area contributed by atoms with Crippen LogP contribution in [0.4, 0.5) is 0 Å². The van der Waals surface area contributed by atoms with Crippen molar-refractivity contribution in [2.45, 2.75) is 19.4 Å². The van der Waals surface area contributed by atoms with E-state index < -0.39 is 6.04 Å². The van der Waals surface area contributed by atoms with Crippen LogP contribution in [0.3, 0.4) is 0 Å². The first kappa shape index (κ1) is 15.5. The molecular formula is C15H15ClN4O3. The summed E-state index contributed by atoms with van der Waals surface area (Å²) in [6.07, 6.45) is 0.0377. The summed E-state index contributed by atoms with van der Waals surface area (Å²) in [4.78, 5) is 16.1. The number of fused-ring (bicyclic) bond motifs is 3. The van der Waals surface area contributed by atoms with E-state index in [1.807, 2.05) is 23.6 Å². The molecule has 0 radical (unpaired) electrons. The van der Waals surface area contributed by atoms with E-state index in [-0.39, 0.29) is 17.6 Å². The molecule has 3 rings (SSSR count). The molecule has 1 atom stereocenters. The van der Waals surface area contributed by atoms with Crippen molar-refractivity contribution in [2.24, 2.45) is 4.99 Å². The van der Waals surface area contributed by atoms with Crippen LogP contribution in [-0.4, -0.2) is 40.1 Å². The van der Waals surface area contributed by atoms with Gasteiger partial charge in [0.2, 0.25) is 0 Å². The Morgan fingerprint density at radius 3 is 2.83 bits per heavy atom. The fourth-order valence-corrected chi connectivity index (χ4v) is 2.81. The average molecular weight is 335 g/mol. The van der Waals surface area contributed by atoms with Gasteiger partial charge in [-0.1, -0.05) is 11.6 Å². The predicted octanol–water partition coefficient (Wildman–Crippen LogP) is 2.19. The van der Waals surface area contributed by atoms with Crippen LogP contribution >= 0.6 is 11.6 Å². The fourth-order valence-electron chi connectivity index (χ4n) is 2.54. The number of aryl methyl sites for hydroxylation is 1. The summed E-state index contributed by atoms with van der Waals surface area (Å²) in [5.74, 6) is 1.51. The van der Waals surface area contributed by atoms with Crippen molar-refractivity contribution >= 4 is 22.7 Å². The minimum atomic E-state index is -0.561. The Morgan fingerprint density at radius 2 is 2.13 bits per heavy atom. The van der Waals surface area contributed by atoms with Crippen molar-refractivity contribution in [3.05, 3.63) is 35.4 Å². The molecule has 0 saturated carbocycles. The molecule has 120 valence electrons. The van der Waals surface area contributed by atoms with Gasteiger partial charge < -0.3 is 9.47 Å². The van der Waals surface area contributed by atoms with Crippen LogP contribution in [0.25, 0.3) is 5.69 Å². The number of aliphatic imine (C=N–C) groups is 1. The number of carbonyl (C=O) groups is 1.